The number of carbonyl (C=O) groups excluding carboxylic acids is 2. The molecule has 2 unspecified atom stereocenters. The molecule has 0 amide bonds. The number of hydrogen-bond donors (Lipinski definition) is 0. The van der Waals surface area contributed by atoms with E-state index in [4.69, 9.17) is 9.47 Å². The summed E-state index contributed by atoms with van der Waals surface area (Å²) in [4.78, 5) is 26.8. The Morgan fingerprint density at radius 1 is 0.963 bits per heavy atom. The van der Waals surface area contributed by atoms with Crippen LogP contribution in [0.1, 0.15) is 17.9 Å². The Labute approximate surface area is 163 Å². The number of methoxy groups -OCH3 is 2. The average molecular weight is 382 g/mol. The van der Waals surface area contributed by atoms with Gasteiger partial charge in [0.2, 0.25) is 0 Å². The average Bonchev–Trinajstić information content (AvgIpc) is 3.01. The summed E-state index contributed by atoms with van der Waals surface area (Å²) >= 11 is 1.61. The minimum absolute atomic E-state index is 0.159. The molecule has 2 aromatic carbocycles. The number of rotatable bonds is 5. The van der Waals surface area contributed by atoms with E-state index in [0.29, 0.717) is 0 Å². The topological polar surface area (TPSA) is 52.6 Å². The van der Waals surface area contributed by atoms with Crippen LogP contribution < -0.4 is 0 Å². The van der Waals surface area contributed by atoms with E-state index in [1.807, 2.05) is 60.7 Å². The molecule has 0 heterocycles. The summed E-state index contributed by atoms with van der Waals surface area (Å²) in [7, 11) is 2.60. The van der Waals surface area contributed by atoms with Crippen molar-refractivity contribution in [2.45, 2.75) is 22.5 Å². The zero-order chi connectivity index (χ0) is 19.4. The normalized spacial score (nSPS) is 20.9. The lowest BCUT2D eigenvalue weighted by atomic mass is 9.74. The molecule has 3 rings (SSSR count). The van der Waals surface area contributed by atoms with E-state index < -0.39 is 23.3 Å². The fraction of sp³-hybridized carbons (Fsp3) is 0.273. The third-order valence-corrected chi connectivity index (χ3v) is 6.41. The van der Waals surface area contributed by atoms with Gasteiger partial charge in [0.1, 0.15) is 0 Å². The summed E-state index contributed by atoms with van der Waals surface area (Å²) in [6.07, 6.45) is 0.205. The standard InChI is InChI=1S/C22H22O4S/c1-15-14-22(20(23)25-2,21(24)26-3)18(16-10-6-4-7-11-16)19(15)27-17-12-8-5-9-13-17/h4-13,18-19H,1,14H2,2-3H3. The van der Waals surface area contributed by atoms with Crippen LogP contribution in [0.15, 0.2) is 77.7 Å². The Bertz CT molecular complexity index is 816. The molecule has 2 aromatic rings. The van der Waals surface area contributed by atoms with Crippen molar-refractivity contribution in [3.8, 4) is 0 Å². The van der Waals surface area contributed by atoms with Gasteiger partial charge in [-0.15, -0.1) is 11.8 Å². The lowest BCUT2D eigenvalue weighted by molar-refractivity contribution is -0.169. The van der Waals surface area contributed by atoms with Gasteiger partial charge in [-0.1, -0.05) is 60.7 Å². The third-order valence-electron chi connectivity index (χ3n) is 5.01. The maximum absolute atomic E-state index is 12.9. The van der Waals surface area contributed by atoms with E-state index in [-0.39, 0.29) is 11.7 Å². The van der Waals surface area contributed by atoms with Gasteiger partial charge < -0.3 is 9.47 Å². The van der Waals surface area contributed by atoms with Crippen LogP contribution in [0.4, 0.5) is 0 Å². The number of benzene rings is 2. The SMILES string of the molecule is C=C1CC(C(=O)OC)(C(=O)OC)C(c2ccccc2)C1Sc1ccccc1. The number of thioether (sulfide) groups is 1. The van der Waals surface area contributed by atoms with Crippen LogP contribution in [0.25, 0.3) is 0 Å². The molecule has 5 heteroatoms. The monoisotopic (exact) mass is 382 g/mol. The minimum atomic E-state index is -1.44. The molecular weight excluding hydrogens is 360 g/mol. The van der Waals surface area contributed by atoms with Gasteiger partial charge in [0.15, 0.2) is 5.41 Å². The Morgan fingerprint density at radius 3 is 2.00 bits per heavy atom. The van der Waals surface area contributed by atoms with Crippen molar-refractivity contribution >= 4 is 23.7 Å². The highest BCUT2D eigenvalue weighted by molar-refractivity contribution is 8.00. The molecule has 1 aliphatic carbocycles. The summed E-state index contributed by atoms with van der Waals surface area (Å²) in [5.41, 5.74) is 0.280. The molecule has 2 atom stereocenters. The molecule has 0 aliphatic heterocycles. The molecular formula is C22H22O4S. The maximum Gasteiger partial charge on any atom is 0.324 e. The summed E-state index contributed by atoms with van der Waals surface area (Å²) in [5, 5.41) is -0.159. The highest BCUT2D eigenvalue weighted by Crippen LogP contribution is 2.58. The molecule has 140 valence electrons. The number of esters is 2. The number of ether oxygens (including phenoxy) is 2. The van der Waals surface area contributed by atoms with E-state index >= 15 is 0 Å². The molecule has 0 saturated heterocycles. The van der Waals surface area contributed by atoms with Gasteiger partial charge in [-0.05, 0) is 24.1 Å². The van der Waals surface area contributed by atoms with Crippen LogP contribution in [0.2, 0.25) is 0 Å². The molecule has 0 aromatic heterocycles. The van der Waals surface area contributed by atoms with Crippen molar-refractivity contribution in [2.75, 3.05) is 14.2 Å². The second kappa shape index (κ2) is 8.01. The second-order valence-corrected chi connectivity index (χ2v) is 7.74. The molecule has 27 heavy (non-hydrogen) atoms. The Morgan fingerprint density at radius 2 is 1.48 bits per heavy atom. The van der Waals surface area contributed by atoms with E-state index in [2.05, 4.69) is 6.58 Å². The Kier molecular flexibility index (Phi) is 5.71. The fourth-order valence-electron chi connectivity index (χ4n) is 3.83. The molecule has 0 spiro atoms. The summed E-state index contributed by atoms with van der Waals surface area (Å²) < 4.78 is 10.1. The fourth-order valence-corrected chi connectivity index (χ4v) is 5.21. The smallest absolute Gasteiger partial charge is 0.324 e. The van der Waals surface area contributed by atoms with Crippen molar-refractivity contribution in [1.82, 2.24) is 0 Å². The van der Waals surface area contributed by atoms with Gasteiger partial charge in [-0.3, -0.25) is 9.59 Å². The highest BCUT2D eigenvalue weighted by atomic mass is 32.2. The molecule has 0 radical (unpaired) electrons. The van der Waals surface area contributed by atoms with Gasteiger partial charge in [-0.25, -0.2) is 0 Å². The van der Waals surface area contributed by atoms with Gasteiger partial charge >= 0.3 is 11.9 Å². The quantitative estimate of drug-likeness (QED) is 0.440. The first-order valence-electron chi connectivity index (χ1n) is 8.65. The van der Waals surface area contributed by atoms with Crippen LogP contribution in [0.5, 0.6) is 0 Å². The maximum atomic E-state index is 12.9. The molecule has 4 nitrogen and oxygen atoms in total. The van der Waals surface area contributed by atoms with Crippen molar-refractivity contribution in [2.24, 2.45) is 5.41 Å². The molecule has 1 fully saturated rings. The second-order valence-electron chi connectivity index (χ2n) is 6.53. The lowest BCUT2D eigenvalue weighted by Gasteiger charge is -2.32. The van der Waals surface area contributed by atoms with Crippen molar-refractivity contribution in [1.29, 1.82) is 0 Å². The van der Waals surface area contributed by atoms with E-state index in [1.165, 1.54) is 14.2 Å². The third kappa shape index (κ3) is 3.39. The Balaban J connectivity index is 2.14. The molecule has 1 saturated carbocycles. The summed E-state index contributed by atoms with van der Waals surface area (Å²) in [6.45, 7) is 4.20. The van der Waals surface area contributed by atoms with E-state index in [0.717, 1.165) is 16.0 Å². The van der Waals surface area contributed by atoms with Crippen molar-refractivity contribution in [3.63, 3.8) is 0 Å². The predicted octanol–water partition coefficient (Wildman–Crippen LogP) is 4.22. The van der Waals surface area contributed by atoms with Gasteiger partial charge in [-0.2, -0.15) is 0 Å². The summed E-state index contributed by atoms with van der Waals surface area (Å²) in [5.74, 6) is -1.60. The first-order valence-corrected chi connectivity index (χ1v) is 9.53. The van der Waals surface area contributed by atoms with Crippen LogP contribution in [0.3, 0.4) is 0 Å². The van der Waals surface area contributed by atoms with Crippen LogP contribution in [0, 0.1) is 5.41 Å². The first-order chi connectivity index (χ1) is 13.0. The predicted molar refractivity (Wildman–Crippen MR) is 105 cm³/mol. The molecule has 0 N–H and O–H groups in total. The van der Waals surface area contributed by atoms with Crippen LogP contribution in [-0.2, 0) is 19.1 Å². The zero-order valence-electron chi connectivity index (χ0n) is 15.4. The summed E-state index contributed by atoms with van der Waals surface area (Å²) in [6, 6.07) is 19.5. The Hall–Kier alpha value is -2.53. The largest absolute Gasteiger partial charge is 0.468 e. The lowest BCUT2D eigenvalue weighted by Crippen LogP contribution is -2.44. The van der Waals surface area contributed by atoms with Crippen molar-refractivity contribution < 1.29 is 19.1 Å². The molecule has 0 bridgehead atoms. The van der Waals surface area contributed by atoms with Crippen molar-refractivity contribution in [3.05, 3.63) is 78.4 Å². The number of hydrogen-bond acceptors (Lipinski definition) is 5. The molecule has 1 aliphatic rings. The number of carbonyl (C=O) groups is 2. The van der Waals surface area contributed by atoms with Gasteiger partial charge in [0, 0.05) is 16.1 Å². The van der Waals surface area contributed by atoms with E-state index in [9.17, 15) is 9.59 Å². The van der Waals surface area contributed by atoms with Crippen LogP contribution >= 0.6 is 11.8 Å². The van der Waals surface area contributed by atoms with Crippen LogP contribution in [-0.4, -0.2) is 31.4 Å². The minimum Gasteiger partial charge on any atom is -0.468 e. The van der Waals surface area contributed by atoms with Gasteiger partial charge in [0.05, 0.1) is 14.2 Å². The van der Waals surface area contributed by atoms with E-state index in [1.54, 1.807) is 11.8 Å². The zero-order valence-corrected chi connectivity index (χ0v) is 16.2. The first kappa shape index (κ1) is 19.2. The highest BCUT2D eigenvalue weighted by Gasteiger charge is 2.62. The van der Waals surface area contributed by atoms with Gasteiger partial charge in [0.25, 0.3) is 0 Å².